The van der Waals surface area contributed by atoms with Crippen LogP contribution in [0.2, 0.25) is 0 Å². The number of carbonyl (C=O) groups excluding carboxylic acids is 4. The van der Waals surface area contributed by atoms with Gasteiger partial charge in [-0.2, -0.15) is 0 Å². The number of hydrogen-bond acceptors (Lipinski definition) is 9. The fourth-order valence-electron chi connectivity index (χ4n) is 7.49. The lowest BCUT2D eigenvalue weighted by Crippen LogP contribution is -2.60. The number of benzene rings is 2. The van der Waals surface area contributed by atoms with Crippen LogP contribution in [-0.2, 0) is 39.5 Å². The van der Waals surface area contributed by atoms with Gasteiger partial charge in [-0.15, -0.1) is 0 Å². The van der Waals surface area contributed by atoms with Gasteiger partial charge in [-0.25, -0.2) is 13.2 Å². The molecule has 5 atom stereocenters. The van der Waals surface area contributed by atoms with Crippen molar-refractivity contribution in [3.05, 3.63) is 42.0 Å². The van der Waals surface area contributed by atoms with E-state index in [9.17, 15) is 27.6 Å². The van der Waals surface area contributed by atoms with Crippen molar-refractivity contribution < 1.29 is 41.8 Å². The van der Waals surface area contributed by atoms with E-state index in [1.54, 1.807) is 27.9 Å². The Morgan fingerprint density at radius 2 is 1.56 bits per heavy atom. The molecule has 4 fully saturated rings. The summed E-state index contributed by atoms with van der Waals surface area (Å²) >= 11 is 0. The van der Waals surface area contributed by atoms with E-state index in [1.165, 1.54) is 12.0 Å². The number of nitrogens with one attached hydrogen (secondary N) is 3. The van der Waals surface area contributed by atoms with E-state index in [-0.39, 0.29) is 24.8 Å². The Kier molecular flexibility index (Phi) is 9.60. The van der Waals surface area contributed by atoms with Crippen molar-refractivity contribution in [1.29, 1.82) is 0 Å². The molecule has 1 aliphatic heterocycles. The van der Waals surface area contributed by atoms with Gasteiger partial charge in [0.2, 0.25) is 21.8 Å². The number of nitrogens with zero attached hydrogens (tertiary/aromatic N) is 1. The van der Waals surface area contributed by atoms with Crippen LogP contribution >= 0.6 is 0 Å². The van der Waals surface area contributed by atoms with Gasteiger partial charge in [-0.05, 0) is 105 Å². The molecule has 14 heteroatoms. The fourth-order valence-corrected chi connectivity index (χ4v) is 8.85. The average molecular weight is 741 g/mol. The zero-order chi connectivity index (χ0) is 38.0. The number of fused-ring (bicyclic) bond motifs is 1. The lowest BCUT2D eigenvalue weighted by Gasteiger charge is -2.36. The maximum Gasteiger partial charge on any atom is 0.408 e. The average Bonchev–Trinajstić information content (AvgIpc) is 3.93. The third-order valence-electron chi connectivity index (χ3n) is 10.8. The highest BCUT2D eigenvalue weighted by Crippen LogP contribution is 2.57. The van der Waals surface area contributed by atoms with Gasteiger partial charge in [0.25, 0.3) is 5.91 Å². The maximum absolute atomic E-state index is 14.7. The number of ether oxygens (including phenoxy) is 3. The Morgan fingerprint density at radius 1 is 0.904 bits per heavy atom. The summed E-state index contributed by atoms with van der Waals surface area (Å²) in [6.45, 7) is 10.6. The summed E-state index contributed by atoms with van der Waals surface area (Å²) in [5, 5.41) is 6.94. The highest BCUT2D eigenvalue weighted by Gasteiger charge is 2.67. The van der Waals surface area contributed by atoms with Gasteiger partial charge >= 0.3 is 6.09 Å². The minimum absolute atomic E-state index is 0.0357. The first-order chi connectivity index (χ1) is 24.2. The molecular weight excluding hydrogens is 689 g/mol. The van der Waals surface area contributed by atoms with Gasteiger partial charge < -0.3 is 29.7 Å². The standard InChI is InChI=1S/C38H52N4O9S/c1-35(2,3)30(39-34(46)51-36(4,5)6)32(44)42-21-37(50-8,25-13-11-24-18-26(49-7)14-12-23(24)17-25)20-29(42)31(43)40-38(19-28(38)22-9-10-22)33(45)41-52(47,48)27-15-16-27/h11-14,17-18,22,27-30H,9-10,15-16,19-21H2,1-8H3,(H,39,46)(H,40,43)(H,41,45)/t28-,29-,30+,37-,38+/m0/s1. The molecule has 6 rings (SSSR count). The molecule has 3 aliphatic carbocycles. The molecule has 0 spiro atoms. The molecule has 3 saturated carbocycles. The highest BCUT2D eigenvalue weighted by molar-refractivity contribution is 7.91. The zero-order valence-electron chi connectivity index (χ0n) is 31.3. The van der Waals surface area contributed by atoms with Gasteiger partial charge in [0, 0.05) is 13.5 Å². The summed E-state index contributed by atoms with van der Waals surface area (Å²) in [7, 11) is -0.736. The van der Waals surface area contributed by atoms with E-state index < -0.39 is 73.3 Å². The van der Waals surface area contributed by atoms with Crippen molar-refractivity contribution in [2.75, 3.05) is 20.8 Å². The summed E-state index contributed by atoms with van der Waals surface area (Å²) in [5.41, 5.74) is -3.45. The fraction of sp³-hybridized carbons (Fsp3) is 0.632. The minimum Gasteiger partial charge on any atom is -0.497 e. The summed E-state index contributed by atoms with van der Waals surface area (Å²) in [4.78, 5) is 57.6. The third-order valence-corrected chi connectivity index (χ3v) is 12.6. The van der Waals surface area contributed by atoms with Crippen LogP contribution in [0.25, 0.3) is 10.8 Å². The molecule has 52 heavy (non-hydrogen) atoms. The Bertz CT molecular complexity index is 1880. The van der Waals surface area contributed by atoms with Crippen molar-refractivity contribution in [2.45, 2.75) is 114 Å². The smallest absolute Gasteiger partial charge is 0.408 e. The van der Waals surface area contributed by atoms with E-state index in [4.69, 9.17) is 14.2 Å². The Balaban J connectivity index is 1.36. The molecule has 4 amide bonds. The van der Waals surface area contributed by atoms with E-state index in [0.717, 1.165) is 29.2 Å². The van der Waals surface area contributed by atoms with Gasteiger partial charge in [0.05, 0.1) is 18.9 Å². The lowest BCUT2D eigenvalue weighted by atomic mass is 9.85. The predicted molar refractivity (Wildman–Crippen MR) is 194 cm³/mol. The van der Waals surface area contributed by atoms with Crippen LogP contribution < -0.4 is 20.1 Å². The first-order valence-corrected chi connectivity index (χ1v) is 19.6. The predicted octanol–water partition coefficient (Wildman–Crippen LogP) is 4.12. The largest absolute Gasteiger partial charge is 0.497 e. The molecule has 3 N–H and O–H groups in total. The molecule has 0 bridgehead atoms. The summed E-state index contributed by atoms with van der Waals surface area (Å²) in [6.07, 6.45) is 2.33. The molecule has 0 unspecified atom stereocenters. The van der Waals surface area contributed by atoms with Crippen LogP contribution in [0.3, 0.4) is 0 Å². The van der Waals surface area contributed by atoms with Crippen LogP contribution in [0.1, 0.15) is 85.6 Å². The van der Waals surface area contributed by atoms with Crippen molar-refractivity contribution >= 4 is 44.6 Å². The van der Waals surface area contributed by atoms with Crippen molar-refractivity contribution in [1.82, 2.24) is 20.3 Å². The summed E-state index contributed by atoms with van der Waals surface area (Å²) in [5.74, 6) is -1.15. The second-order valence-electron chi connectivity index (χ2n) is 17.0. The van der Waals surface area contributed by atoms with Crippen molar-refractivity contribution in [3.8, 4) is 5.75 Å². The van der Waals surface area contributed by atoms with Crippen molar-refractivity contribution in [2.24, 2.45) is 17.3 Å². The molecule has 4 aliphatic rings. The van der Waals surface area contributed by atoms with E-state index >= 15 is 0 Å². The molecule has 13 nitrogen and oxygen atoms in total. The van der Waals surface area contributed by atoms with E-state index in [0.29, 0.717) is 25.0 Å². The molecule has 284 valence electrons. The van der Waals surface area contributed by atoms with Gasteiger partial charge in [0.15, 0.2) is 0 Å². The number of likely N-dealkylation sites (tertiary alicyclic amines) is 1. The first-order valence-electron chi connectivity index (χ1n) is 18.0. The van der Waals surface area contributed by atoms with Gasteiger partial charge in [-0.3, -0.25) is 19.1 Å². The van der Waals surface area contributed by atoms with Gasteiger partial charge in [-0.1, -0.05) is 39.0 Å². The van der Waals surface area contributed by atoms with Crippen molar-refractivity contribution in [3.63, 3.8) is 0 Å². The van der Waals surface area contributed by atoms with E-state index in [1.807, 2.05) is 57.2 Å². The second-order valence-corrected chi connectivity index (χ2v) is 19.0. The van der Waals surface area contributed by atoms with Crippen LogP contribution in [0, 0.1) is 17.3 Å². The molecule has 0 aromatic heterocycles. The maximum atomic E-state index is 14.7. The molecule has 2 aromatic carbocycles. The first kappa shape index (κ1) is 37.8. The lowest BCUT2D eigenvalue weighted by molar-refractivity contribution is -0.143. The second kappa shape index (κ2) is 13.2. The summed E-state index contributed by atoms with van der Waals surface area (Å²) in [6, 6.07) is 9.24. The molecule has 0 radical (unpaired) electrons. The molecule has 1 heterocycles. The topological polar surface area (TPSA) is 169 Å². The number of hydrogen-bond donors (Lipinski definition) is 3. The molecule has 2 aromatic rings. The number of carbonyl (C=O) groups is 4. The number of alkyl carbamates (subject to hydrolysis) is 1. The molecular formula is C38H52N4O9S. The Hall–Kier alpha value is -3.91. The summed E-state index contributed by atoms with van der Waals surface area (Å²) < 4.78 is 45.1. The normalized spacial score (nSPS) is 26.7. The Morgan fingerprint density at radius 3 is 2.13 bits per heavy atom. The van der Waals surface area contributed by atoms with Crippen LogP contribution in [-0.4, -0.2) is 86.4 Å². The highest BCUT2D eigenvalue weighted by atomic mass is 32.2. The van der Waals surface area contributed by atoms with Gasteiger partial charge in [0.1, 0.15) is 34.6 Å². The van der Waals surface area contributed by atoms with Crippen LogP contribution in [0.5, 0.6) is 5.75 Å². The SMILES string of the molecule is COc1ccc2cc([C@]3(OC)C[C@@H](C(=O)N[C@]4(C(=O)NS(=O)(=O)C5CC5)C[C@H]4C4CC4)N(C(=O)[C@@H](NC(=O)OC(C)(C)C)C(C)(C)C)C3)ccc2c1. The Labute approximate surface area is 305 Å². The number of methoxy groups -OCH3 is 2. The number of sulfonamides is 1. The minimum atomic E-state index is -3.87. The van der Waals surface area contributed by atoms with E-state index in [2.05, 4.69) is 15.4 Å². The monoisotopic (exact) mass is 740 g/mol. The third kappa shape index (κ3) is 7.59. The van der Waals surface area contributed by atoms with Crippen LogP contribution in [0.15, 0.2) is 36.4 Å². The zero-order valence-corrected chi connectivity index (χ0v) is 32.1. The number of amides is 4. The number of rotatable bonds is 11. The quantitative estimate of drug-likeness (QED) is 0.307. The van der Waals surface area contributed by atoms with Crippen LogP contribution in [0.4, 0.5) is 4.79 Å². The molecule has 1 saturated heterocycles.